The van der Waals surface area contributed by atoms with Crippen LogP contribution in [0.15, 0.2) is 12.1 Å². The summed E-state index contributed by atoms with van der Waals surface area (Å²) in [5, 5.41) is 2.93. The Bertz CT molecular complexity index is 578. The number of imidazole rings is 1. The van der Waals surface area contributed by atoms with E-state index in [4.69, 9.17) is 0 Å². The van der Waals surface area contributed by atoms with Crippen LogP contribution >= 0.6 is 0 Å². The number of rotatable bonds is 2. The molecule has 1 atom stereocenters. The van der Waals surface area contributed by atoms with E-state index >= 15 is 0 Å². The van der Waals surface area contributed by atoms with Crippen LogP contribution in [-0.2, 0) is 0 Å². The Hall–Kier alpha value is -1.72. The third-order valence-corrected chi connectivity index (χ3v) is 3.41. The van der Waals surface area contributed by atoms with Crippen LogP contribution in [0.25, 0.3) is 11.2 Å². The molecule has 6 heteroatoms. The van der Waals surface area contributed by atoms with Crippen LogP contribution in [0.3, 0.4) is 0 Å². The third kappa shape index (κ3) is 1.91. The Morgan fingerprint density at radius 1 is 1.39 bits per heavy atom. The number of pyridine rings is 1. The molecule has 18 heavy (non-hydrogen) atoms. The van der Waals surface area contributed by atoms with Crippen molar-refractivity contribution in [1.82, 2.24) is 15.0 Å². The molecule has 0 bridgehead atoms. The van der Waals surface area contributed by atoms with E-state index in [0.29, 0.717) is 17.9 Å². The Balaban J connectivity index is 1.94. The van der Waals surface area contributed by atoms with Crippen molar-refractivity contribution in [2.75, 3.05) is 12.4 Å². The summed E-state index contributed by atoms with van der Waals surface area (Å²) in [4.78, 5) is 11.7. The predicted octanol–water partition coefficient (Wildman–Crippen LogP) is 2.90. The van der Waals surface area contributed by atoms with Gasteiger partial charge in [0.2, 0.25) is 5.92 Å². The molecule has 1 unspecified atom stereocenters. The zero-order valence-corrected chi connectivity index (χ0v) is 10.0. The summed E-state index contributed by atoms with van der Waals surface area (Å²) in [6.45, 7) is 0. The van der Waals surface area contributed by atoms with Crippen molar-refractivity contribution in [3.05, 3.63) is 18.0 Å². The van der Waals surface area contributed by atoms with E-state index < -0.39 is 5.92 Å². The van der Waals surface area contributed by atoms with Crippen LogP contribution in [0.1, 0.15) is 31.0 Å². The van der Waals surface area contributed by atoms with Crippen molar-refractivity contribution in [3.63, 3.8) is 0 Å². The van der Waals surface area contributed by atoms with E-state index in [1.807, 2.05) is 12.1 Å². The lowest BCUT2D eigenvalue weighted by Gasteiger charge is -2.07. The molecule has 0 spiro atoms. The van der Waals surface area contributed by atoms with Crippen molar-refractivity contribution < 1.29 is 8.78 Å². The minimum absolute atomic E-state index is 0.0517. The summed E-state index contributed by atoms with van der Waals surface area (Å²) in [6, 6.07) is 3.69. The first-order chi connectivity index (χ1) is 8.57. The van der Waals surface area contributed by atoms with Crippen molar-refractivity contribution in [1.29, 1.82) is 0 Å². The highest BCUT2D eigenvalue weighted by atomic mass is 19.3. The van der Waals surface area contributed by atoms with Gasteiger partial charge in [-0.15, -0.1) is 0 Å². The highest BCUT2D eigenvalue weighted by molar-refractivity contribution is 5.73. The number of aromatic nitrogens is 3. The molecule has 1 aliphatic carbocycles. The van der Waals surface area contributed by atoms with E-state index in [1.54, 1.807) is 7.05 Å². The fourth-order valence-electron chi connectivity index (χ4n) is 2.43. The molecule has 0 aromatic carbocycles. The smallest absolute Gasteiger partial charge is 0.248 e. The average Bonchev–Trinajstić information content (AvgIpc) is 2.90. The largest absolute Gasteiger partial charge is 0.373 e. The molecule has 3 rings (SSSR count). The Labute approximate surface area is 103 Å². The minimum atomic E-state index is -2.55. The molecular weight excluding hydrogens is 238 g/mol. The van der Waals surface area contributed by atoms with Gasteiger partial charge in [0.15, 0.2) is 5.65 Å². The summed E-state index contributed by atoms with van der Waals surface area (Å²) >= 11 is 0. The van der Waals surface area contributed by atoms with Gasteiger partial charge in [0.05, 0.1) is 5.52 Å². The summed E-state index contributed by atoms with van der Waals surface area (Å²) in [5.41, 5.74) is 1.37. The van der Waals surface area contributed by atoms with Gasteiger partial charge in [0, 0.05) is 25.8 Å². The SMILES string of the molecule is CNc1ccc2[nH]c(C3CCC(F)(F)C3)nc2n1. The molecule has 2 N–H and O–H groups in total. The summed E-state index contributed by atoms with van der Waals surface area (Å²) < 4.78 is 26.4. The molecule has 2 heterocycles. The quantitative estimate of drug-likeness (QED) is 0.864. The van der Waals surface area contributed by atoms with Crippen LogP contribution < -0.4 is 5.32 Å². The lowest BCUT2D eigenvalue weighted by Crippen LogP contribution is -2.09. The number of alkyl halides is 2. The standard InChI is InChI=1S/C12H14F2N4/c1-15-9-3-2-8-11(17-9)18-10(16-8)7-4-5-12(13,14)6-7/h2-3,7H,4-6H2,1H3,(H2,15,16,17,18). The van der Waals surface area contributed by atoms with Crippen molar-refractivity contribution >= 4 is 17.0 Å². The second-order valence-electron chi connectivity index (χ2n) is 4.74. The molecule has 0 saturated heterocycles. The van der Waals surface area contributed by atoms with Gasteiger partial charge < -0.3 is 10.3 Å². The van der Waals surface area contributed by atoms with E-state index in [2.05, 4.69) is 20.3 Å². The first-order valence-electron chi connectivity index (χ1n) is 6.00. The van der Waals surface area contributed by atoms with Gasteiger partial charge in [-0.1, -0.05) is 0 Å². The van der Waals surface area contributed by atoms with Gasteiger partial charge in [-0.3, -0.25) is 0 Å². The number of H-pyrrole nitrogens is 1. The van der Waals surface area contributed by atoms with Gasteiger partial charge >= 0.3 is 0 Å². The predicted molar refractivity (Wildman–Crippen MR) is 65.0 cm³/mol. The molecule has 2 aromatic heterocycles. The fraction of sp³-hybridized carbons (Fsp3) is 0.500. The number of hydrogen-bond donors (Lipinski definition) is 2. The number of nitrogens with zero attached hydrogens (tertiary/aromatic N) is 2. The summed E-state index contributed by atoms with van der Waals surface area (Å²) in [5.74, 6) is -1.39. The summed E-state index contributed by atoms with van der Waals surface area (Å²) in [7, 11) is 1.78. The van der Waals surface area contributed by atoms with Crippen LogP contribution in [0.4, 0.5) is 14.6 Å². The van der Waals surface area contributed by atoms with Gasteiger partial charge in [0.25, 0.3) is 0 Å². The van der Waals surface area contributed by atoms with E-state index in [0.717, 1.165) is 11.3 Å². The fourth-order valence-corrected chi connectivity index (χ4v) is 2.43. The van der Waals surface area contributed by atoms with Crippen molar-refractivity contribution in [2.45, 2.75) is 31.1 Å². The van der Waals surface area contributed by atoms with Gasteiger partial charge in [-0.05, 0) is 18.6 Å². The maximum absolute atomic E-state index is 13.2. The Morgan fingerprint density at radius 3 is 2.89 bits per heavy atom. The third-order valence-electron chi connectivity index (χ3n) is 3.41. The zero-order valence-electron chi connectivity index (χ0n) is 10.0. The maximum Gasteiger partial charge on any atom is 0.248 e. The molecule has 1 fully saturated rings. The second kappa shape index (κ2) is 3.90. The normalized spacial score (nSPS) is 22.5. The first-order valence-corrected chi connectivity index (χ1v) is 6.00. The van der Waals surface area contributed by atoms with Gasteiger partial charge in [0.1, 0.15) is 11.6 Å². The molecule has 0 radical (unpaired) electrons. The Morgan fingerprint density at radius 2 is 2.22 bits per heavy atom. The maximum atomic E-state index is 13.2. The monoisotopic (exact) mass is 252 g/mol. The lowest BCUT2D eigenvalue weighted by atomic mass is 10.1. The molecule has 1 saturated carbocycles. The van der Waals surface area contributed by atoms with Gasteiger partial charge in [-0.25, -0.2) is 18.7 Å². The highest BCUT2D eigenvalue weighted by Gasteiger charge is 2.41. The topological polar surface area (TPSA) is 53.6 Å². The number of aromatic amines is 1. The van der Waals surface area contributed by atoms with Crippen molar-refractivity contribution in [3.8, 4) is 0 Å². The average molecular weight is 252 g/mol. The van der Waals surface area contributed by atoms with E-state index in [9.17, 15) is 8.78 Å². The second-order valence-corrected chi connectivity index (χ2v) is 4.74. The van der Waals surface area contributed by atoms with E-state index in [1.165, 1.54) is 0 Å². The highest BCUT2D eigenvalue weighted by Crippen LogP contribution is 2.43. The molecule has 0 amide bonds. The molecular formula is C12H14F2N4. The number of halogens is 2. The lowest BCUT2D eigenvalue weighted by molar-refractivity contribution is 0.00756. The number of hydrogen-bond acceptors (Lipinski definition) is 3. The van der Waals surface area contributed by atoms with Crippen LogP contribution in [-0.4, -0.2) is 27.9 Å². The molecule has 2 aromatic rings. The summed E-state index contributed by atoms with van der Waals surface area (Å²) in [6.07, 6.45) is 0.307. The van der Waals surface area contributed by atoms with E-state index in [-0.39, 0.29) is 18.8 Å². The molecule has 4 nitrogen and oxygen atoms in total. The van der Waals surface area contributed by atoms with Crippen LogP contribution in [0, 0.1) is 0 Å². The van der Waals surface area contributed by atoms with Gasteiger partial charge in [-0.2, -0.15) is 0 Å². The number of fused-ring (bicyclic) bond motifs is 1. The van der Waals surface area contributed by atoms with Crippen molar-refractivity contribution in [2.24, 2.45) is 0 Å². The molecule has 1 aliphatic rings. The number of nitrogens with one attached hydrogen (secondary N) is 2. The first kappa shape index (κ1) is 11.4. The molecule has 0 aliphatic heterocycles. The number of anilines is 1. The Kier molecular flexibility index (Phi) is 2.46. The molecule has 96 valence electrons. The zero-order chi connectivity index (χ0) is 12.8. The van der Waals surface area contributed by atoms with Crippen LogP contribution in [0.2, 0.25) is 0 Å². The van der Waals surface area contributed by atoms with Crippen LogP contribution in [0.5, 0.6) is 0 Å². The minimum Gasteiger partial charge on any atom is -0.373 e.